The van der Waals surface area contributed by atoms with Gasteiger partial charge in [-0.15, -0.1) is 18.5 Å². The molecule has 6 heteroatoms. The quantitative estimate of drug-likeness (QED) is 0.488. The third-order valence-corrected chi connectivity index (χ3v) is 8.39. The SMILES string of the molecule is C=C(Cc1ccc(-c2cnc(N)c(CC(C)c3c(P)ccc(P)c3C)c2)cc1)N1CCN(C)CC1. The van der Waals surface area contributed by atoms with Crippen LogP contribution in [0.4, 0.5) is 5.82 Å². The van der Waals surface area contributed by atoms with E-state index < -0.39 is 0 Å². The normalized spacial score (nSPS) is 15.3. The Morgan fingerprint density at radius 2 is 1.69 bits per heavy atom. The Morgan fingerprint density at radius 1 is 1.03 bits per heavy atom. The van der Waals surface area contributed by atoms with Gasteiger partial charge in [0.1, 0.15) is 5.82 Å². The van der Waals surface area contributed by atoms with E-state index in [2.05, 4.69) is 103 Å². The van der Waals surface area contributed by atoms with Gasteiger partial charge in [0.25, 0.3) is 0 Å². The fraction of sp³-hybridized carbons (Fsp3) is 0.345. The van der Waals surface area contributed by atoms with Crippen molar-refractivity contribution in [3.8, 4) is 11.1 Å². The van der Waals surface area contributed by atoms with Gasteiger partial charge in [0.2, 0.25) is 0 Å². The van der Waals surface area contributed by atoms with Gasteiger partial charge < -0.3 is 15.5 Å². The second-order valence-electron chi connectivity index (χ2n) is 9.89. The van der Waals surface area contributed by atoms with Crippen LogP contribution in [-0.2, 0) is 12.8 Å². The summed E-state index contributed by atoms with van der Waals surface area (Å²) in [5, 5.41) is 2.49. The molecule has 0 bridgehead atoms. The van der Waals surface area contributed by atoms with Crippen LogP contribution in [0.5, 0.6) is 0 Å². The number of aromatic nitrogens is 1. The molecule has 0 amide bonds. The molecular formula is C29H38N4P2. The molecule has 1 saturated heterocycles. The highest BCUT2D eigenvalue weighted by Crippen LogP contribution is 2.29. The summed E-state index contributed by atoms with van der Waals surface area (Å²) in [5.41, 5.74) is 14.9. The highest BCUT2D eigenvalue weighted by atomic mass is 31.0. The molecule has 1 fully saturated rings. The van der Waals surface area contributed by atoms with Crippen molar-refractivity contribution in [1.29, 1.82) is 0 Å². The van der Waals surface area contributed by atoms with Crippen LogP contribution >= 0.6 is 18.5 Å². The van der Waals surface area contributed by atoms with Crippen molar-refractivity contribution in [1.82, 2.24) is 14.8 Å². The Labute approximate surface area is 215 Å². The summed E-state index contributed by atoms with van der Waals surface area (Å²) in [5.74, 6) is 0.955. The lowest BCUT2D eigenvalue weighted by Crippen LogP contribution is -2.43. The molecule has 2 aromatic carbocycles. The highest BCUT2D eigenvalue weighted by Gasteiger charge is 2.17. The number of nitrogen functional groups attached to an aromatic ring is 1. The molecule has 1 aliphatic rings. The molecule has 2 N–H and O–H groups in total. The first-order chi connectivity index (χ1) is 16.7. The Kier molecular flexibility index (Phi) is 8.27. The van der Waals surface area contributed by atoms with Crippen molar-refractivity contribution in [2.45, 2.75) is 32.6 Å². The van der Waals surface area contributed by atoms with E-state index in [1.165, 1.54) is 33.0 Å². The monoisotopic (exact) mass is 504 g/mol. The predicted octanol–water partition coefficient (Wildman–Crippen LogP) is 4.29. The first-order valence-corrected chi connectivity index (χ1v) is 13.5. The van der Waals surface area contributed by atoms with Gasteiger partial charge in [-0.25, -0.2) is 4.98 Å². The molecule has 0 spiro atoms. The van der Waals surface area contributed by atoms with Crippen LogP contribution in [0.15, 0.2) is 60.9 Å². The van der Waals surface area contributed by atoms with Gasteiger partial charge in [-0.2, -0.15) is 0 Å². The van der Waals surface area contributed by atoms with Crippen molar-refractivity contribution < 1.29 is 0 Å². The standard InChI is InChI=1S/C29H38N4P2/c1-19(28-21(3)26(34)9-10-27(28)35)15-24-17-25(18-31-29(24)30)23-7-5-22(6-8-23)16-20(2)33-13-11-32(4)12-14-33/h5-10,17-19H,2,11-16,34-35H2,1,3-4H3,(H2,30,31). The van der Waals surface area contributed by atoms with Gasteiger partial charge in [-0.05, 0) is 70.8 Å². The Balaban J connectivity index is 1.47. The summed E-state index contributed by atoms with van der Waals surface area (Å²) >= 11 is 0. The lowest BCUT2D eigenvalue weighted by Gasteiger charge is -2.35. The molecule has 3 aromatic rings. The predicted molar refractivity (Wildman–Crippen MR) is 158 cm³/mol. The molecule has 184 valence electrons. The van der Waals surface area contributed by atoms with Crippen LogP contribution in [0.2, 0.25) is 0 Å². The van der Waals surface area contributed by atoms with Crippen LogP contribution in [0.3, 0.4) is 0 Å². The summed E-state index contributed by atoms with van der Waals surface area (Å²) < 4.78 is 0. The number of anilines is 1. The molecule has 3 atom stereocenters. The van der Waals surface area contributed by atoms with Crippen LogP contribution in [0, 0.1) is 6.92 Å². The first-order valence-electron chi connectivity index (χ1n) is 12.3. The van der Waals surface area contributed by atoms with E-state index in [0.717, 1.165) is 55.7 Å². The van der Waals surface area contributed by atoms with E-state index in [1.54, 1.807) is 0 Å². The summed E-state index contributed by atoms with van der Waals surface area (Å²) in [6.07, 6.45) is 3.63. The number of hydrogen-bond acceptors (Lipinski definition) is 4. The number of pyridine rings is 1. The van der Waals surface area contributed by atoms with Gasteiger partial charge >= 0.3 is 0 Å². The molecule has 2 heterocycles. The third kappa shape index (κ3) is 6.12. The molecule has 4 nitrogen and oxygen atoms in total. The maximum absolute atomic E-state index is 6.32. The van der Waals surface area contributed by atoms with Crippen LogP contribution in [0.1, 0.15) is 35.1 Å². The minimum absolute atomic E-state index is 0.338. The Bertz CT molecular complexity index is 1200. The van der Waals surface area contributed by atoms with Gasteiger partial charge in [0.05, 0.1) is 0 Å². The number of allylic oxidation sites excluding steroid dienone is 1. The minimum Gasteiger partial charge on any atom is -0.383 e. The smallest absolute Gasteiger partial charge is 0.126 e. The fourth-order valence-corrected chi connectivity index (χ4v) is 5.83. The van der Waals surface area contributed by atoms with Crippen molar-refractivity contribution >= 4 is 34.9 Å². The van der Waals surface area contributed by atoms with Crippen molar-refractivity contribution in [2.24, 2.45) is 0 Å². The lowest BCUT2D eigenvalue weighted by atomic mass is 9.90. The van der Waals surface area contributed by atoms with Crippen molar-refractivity contribution in [2.75, 3.05) is 39.0 Å². The largest absolute Gasteiger partial charge is 0.383 e. The summed E-state index contributed by atoms with van der Waals surface area (Å²) in [4.78, 5) is 9.33. The van der Waals surface area contributed by atoms with Gasteiger partial charge in [0.15, 0.2) is 0 Å². The average molecular weight is 505 g/mol. The summed E-state index contributed by atoms with van der Waals surface area (Å²) in [7, 11) is 7.91. The summed E-state index contributed by atoms with van der Waals surface area (Å²) in [6, 6.07) is 15.3. The molecule has 1 aromatic heterocycles. The van der Waals surface area contributed by atoms with E-state index in [0.29, 0.717) is 11.7 Å². The van der Waals surface area contributed by atoms with E-state index in [4.69, 9.17) is 5.73 Å². The van der Waals surface area contributed by atoms with Gasteiger partial charge in [0, 0.05) is 50.1 Å². The molecule has 1 aliphatic heterocycles. The highest BCUT2D eigenvalue weighted by molar-refractivity contribution is 7.28. The Hall–Kier alpha value is -2.25. The fourth-order valence-electron chi connectivity index (χ4n) is 4.98. The topological polar surface area (TPSA) is 45.4 Å². The molecule has 0 radical (unpaired) electrons. The molecule has 4 rings (SSSR count). The maximum Gasteiger partial charge on any atom is 0.126 e. The number of hydrogen-bond donors (Lipinski definition) is 1. The van der Waals surface area contributed by atoms with E-state index in [1.807, 2.05) is 6.20 Å². The Morgan fingerprint density at radius 3 is 2.37 bits per heavy atom. The molecule has 35 heavy (non-hydrogen) atoms. The van der Waals surface area contributed by atoms with E-state index in [-0.39, 0.29) is 0 Å². The number of likely N-dealkylation sites (N-methyl/N-ethyl adjacent to an activating group) is 1. The zero-order valence-corrected chi connectivity index (χ0v) is 23.5. The number of rotatable bonds is 7. The molecule has 0 saturated carbocycles. The number of piperazine rings is 1. The van der Waals surface area contributed by atoms with Crippen molar-refractivity contribution in [3.63, 3.8) is 0 Å². The zero-order valence-electron chi connectivity index (χ0n) is 21.2. The van der Waals surface area contributed by atoms with Crippen molar-refractivity contribution in [3.05, 3.63) is 83.2 Å². The number of benzene rings is 2. The number of nitrogens with two attached hydrogens (primary N) is 1. The second-order valence-corrected chi connectivity index (χ2v) is 11.1. The maximum atomic E-state index is 6.32. The van der Waals surface area contributed by atoms with Crippen LogP contribution in [0.25, 0.3) is 11.1 Å². The van der Waals surface area contributed by atoms with E-state index in [9.17, 15) is 0 Å². The summed E-state index contributed by atoms with van der Waals surface area (Å²) in [6.45, 7) is 13.1. The third-order valence-electron chi connectivity index (χ3n) is 7.26. The number of nitrogens with zero attached hydrogens (tertiary/aromatic N) is 3. The van der Waals surface area contributed by atoms with Crippen LogP contribution in [-0.4, -0.2) is 48.0 Å². The van der Waals surface area contributed by atoms with Gasteiger partial charge in [-0.1, -0.05) is 49.9 Å². The molecule has 0 aliphatic carbocycles. The zero-order chi connectivity index (χ0) is 25.1. The lowest BCUT2D eigenvalue weighted by molar-refractivity contribution is 0.184. The second kappa shape index (κ2) is 11.2. The first kappa shape index (κ1) is 25.8. The molecule has 3 unspecified atom stereocenters. The average Bonchev–Trinajstić information content (AvgIpc) is 2.84. The van der Waals surface area contributed by atoms with E-state index >= 15 is 0 Å². The van der Waals surface area contributed by atoms with Crippen LogP contribution < -0.4 is 16.3 Å². The molecular weight excluding hydrogens is 466 g/mol. The van der Waals surface area contributed by atoms with Gasteiger partial charge in [-0.3, -0.25) is 0 Å². The minimum atomic E-state index is 0.338.